The number of rotatable bonds is 4. The minimum absolute atomic E-state index is 0.00777. The standard InChI is InChI=1S/C14H17FO5S/c1-8-3-4-11(20-8)7-21(18,19)13-6-10(14(16)17)5-12(15)9(13)2/h5-6,8,11H,3-4,7H2,1-2H3,(H,16,17). The molecular weight excluding hydrogens is 299 g/mol. The highest BCUT2D eigenvalue weighted by Gasteiger charge is 2.30. The van der Waals surface area contributed by atoms with E-state index >= 15 is 0 Å². The normalized spacial score (nSPS) is 22.4. The SMILES string of the molecule is Cc1c(F)cc(C(=O)O)cc1S(=O)(=O)CC1CCC(C)O1. The first-order valence-corrected chi connectivity index (χ1v) is 8.27. The predicted octanol–water partition coefficient (Wildman–Crippen LogP) is 2.17. The summed E-state index contributed by atoms with van der Waals surface area (Å²) >= 11 is 0. The van der Waals surface area contributed by atoms with Crippen LogP contribution in [0.2, 0.25) is 0 Å². The molecule has 2 rings (SSSR count). The van der Waals surface area contributed by atoms with Crippen molar-refractivity contribution >= 4 is 15.8 Å². The van der Waals surface area contributed by atoms with Gasteiger partial charge in [-0.25, -0.2) is 17.6 Å². The lowest BCUT2D eigenvalue weighted by atomic mass is 10.1. The summed E-state index contributed by atoms with van der Waals surface area (Å²) < 4.78 is 44.0. The van der Waals surface area contributed by atoms with Crippen LogP contribution in [0.4, 0.5) is 4.39 Å². The Morgan fingerprint density at radius 2 is 2.10 bits per heavy atom. The van der Waals surface area contributed by atoms with Gasteiger partial charge in [0.2, 0.25) is 0 Å². The Kier molecular flexibility index (Phi) is 4.34. The van der Waals surface area contributed by atoms with Gasteiger partial charge < -0.3 is 9.84 Å². The summed E-state index contributed by atoms with van der Waals surface area (Å²) in [6.45, 7) is 3.19. The lowest BCUT2D eigenvalue weighted by molar-refractivity contribution is 0.0688. The molecule has 2 unspecified atom stereocenters. The van der Waals surface area contributed by atoms with E-state index in [1.165, 1.54) is 6.92 Å². The molecule has 1 N–H and O–H groups in total. The van der Waals surface area contributed by atoms with E-state index < -0.39 is 27.7 Å². The molecule has 0 spiro atoms. The van der Waals surface area contributed by atoms with Crippen LogP contribution in [0.15, 0.2) is 17.0 Å². The van der Waals surface area contributed by atoms with Gasteiger partial charge in [0.15, 0.2) is 9.84 Å². The quantitative estimate of drug-likeness (QED) is 0.921. The van der Waals surface area contributed by atoms with Crippen molar-refractivity contribution in [3.8, 4) is 0 Å². The summed E-state index contributed by atoms with van der Waals surface area (Å²) in [6.07, 6.45) is 0.984. The van der Waals surface area contributed by atoms with Crippen molar-refractivity contribution in [2.24, 2.45) is 0 Å². The van der Waals surface area contributed by atoms with Crippen LogP contribution in [0.1, 0.15) is 35.7 Å². The molecule has 1 heterocycles. The molecule has 1 aromatic rings. The molecule has 1 aliphatic rings. The topological polar surface area (TPSA) is 80.7 Å². The van der Waals surface area contributed by atoms with Crippen molar-refractivity contribution in [2.45, 2.75) is 43.8 Å². The second kappa shape index (κ2) is 5.73. The number of carboxylic acid groups (broad SMARTS) is 1. The van der Waals surface area contributed by atoms with Crippen molar-refractivity contribution in [3.63, 3.8) is 0 Å². The van der Waals surface area contributed by atoms with Crippen molar-refractivity contribution < 1.29 is 27.4 Å². The van der Waals surface area contributed by atoms with Gasteiger partial charge in [0.05, 0.1) is 28.4 Å². The van der Waals surface area contributed by atoms with Crippen LogP contribution in [0.5, 0.6) is 0 Å². The van der Waals surface area contributed by atoms with E-state index in [1.54, 1.807) is 0 Å². The zero-order valence-corrected chi connectivity index (χ0v) is 12.6. The summed E-state index contributed by atoms with van der Waals surface area (Å²) in [5, 5.41) is 8.92. The molecule has 5 nitrogen and oxygen atoms in total. The fraction of sp³-hybridized carbons (Fsp3) is 0.500. The van der Waals surface area contributed by atoms with Gasteiger partial charge in [0, 0.05) is 5.56 Å². The van der Waals surface area contributed by atoms with Crippen molar-refractivity contribution in [3.05, 3.63) is 29.1 Å². The third kappa shape index (κ3) is 3.41. The third-order valence-corrected chi connectivity index (χ3v) is 5.51. The van der Waals surface area contributed by atoms with Gasteiger partial charge >= 0.3 is 5.97 Å². The number of ether oxygens (including phenoxy) is 1. The molecule has 21 heavy (non-hydrogen) atoms. The van der Waals surface area contributed by atoms with Crippen molar-refractivity contribution in [1.82, 2.24) is 0 Å². The number of carboxylic acids is 1. The monoisotopic (exact) mass is 316 g/mol. The number of hydrogen-bond donors (Lipinski definition) is 1. The molecule has 0 aliphatic carbocycles. The third-order valence-electron chi connectivity index (χ3n) is 3.60. The number of carbonyl (C=O) groups is 1. The van der Waals surface area contributed by atoms with Crippen molar-refractivity contribution in [2.75, 3.05) is 5.75 Å². The largest absolute Gasteiger partial charge is 0.478 e. The first kappa shape index (κ1) is 15.9. The molecule has 1 aromatic carbocycles. The minimum atomic E-state index is -3.80. The predicted molar refractivity (Wildman–Crippen MR) is 73.7 cm³/mol. The van der Waals surface area contributed by atoms with Gasteiger partial charge in [-0.3, -0.25) is 0 Å². The highest BCUT2D eigenvalue weighted by atomic mass is 32.2. The molecule has 7 heteroatoms. The summed E-state index contributed by atoms with van der Waals surface area (Å²) in [6, 6.07) is 1.83. The van der Waals surface area contributed by atoms with Gasteiger partial charge in [-0.2, -0.15) is 0 Å². The highest BCUT2D eigenvalue weighted by molar-refractivity contribution is 7.91. The maximum absolute atomic E-state index is 13.7. The number of benzene rings is 1. The molecule has 0 bridgehead atoms. The number of aromatic carboxylic acids is 1. The summed E-state index contributed by atoms with van der Waals surface area (Å²) in [5.41, 5.74) is -0.441. The second-order valence-electron chi connectivity index (χ2n) is 5.31. The molecule has 0 amide bonds. The molecule has 1 fully saturated rings. The van der Waals surface area contributed by atoms with Gasteiger partial charge in [-0.1, -0.05) is 0 Å². The Balaban J connectivity index is 2.37. The molecule has 2 atom stereocenters. The van der Waals surface area contributed by atoms with Crippen LogP contribution in [0.25, 0.3) is 0 Å². The van der Waals surface area contributed by atoms with Crippen LogP contribution in [-0.2, 0) is 14.6 Å². The maximum atomic E-state index is 13.7. The summed E-state index contributed by atoms with van der Waals surface area (Å²) in [7, 11) is -3.80. The Morgan fingerprint density at radius 3 is 2.62 bits per heavy atom. The zero-order chi connectivity index (χ0) is 15.8. The Morgan fingerprint density at radius 1 is 1.43 bits per heavy atom. The maximum Gasteiger partial charge on any atom is 0.335 e. The van der Waals surface area contributed by atoms with E-state index in [2.05, 4.69) is 0 Å². The van der Waals surface area contributed by atoms with Gasteiger partial charge in [-0.15, -0.1) is 0 Å². The van der Waals surface area contributed by atoms with E-state index in [9.17, 15) is 17.6 Å². The fourth-order valence-electron chi connectivity index (χ4n) is 2.44. The van der Waals surface area contributed by atoms with Crippen molar-refractivity contribution in [1.29, 1.82) is 0 Å². The molecule has 0 aromatic heterocycles. The molecule has 1 saturated heterocycles. The number of sulfone groups is 1. The van der Waals surface area contributed by atoms with E-state index in [4.69, 9.17) is 9.84 Å². The summed E-state index contributed by atoms with van der Waals surface area (Å²) in [5.74, 6) is -2.47. The second-order valence-corrected chi connectivity index (χ2v) is 7.32. The number of halogens is 1. The fourth-order valence-corrected chi connectivity index (χ4v) is 4.23. The average Bonchev–Trinajstić information content (AvgIpc) is 2.76. The average molecular weight is 316 g/mol. The Labute approximate surface area is 122 Å². The first-order valence-electron chi connectivity index (χ1n) is 6.62. The van der Waals surface area contributed by atoms with E-state index in [1.807, 2.05) is 6.92 Å². The molecule has 0 radical (unpaired) electrons. The highest BCUT2D eigenvalue weighted by Crippen LogP contribution is 2.26. The van der Waals surface area contributed by atoms with Crippen LogP contribution in [0, 0.1) is 12.7 Å². The van der Waals surface area contributed by atoms with Crippen LogP contribution >= 0.6 is 0 Å². The summed E-state index contributed by atoms with van der Waals surface area (Å²) in [4.78, 5) is 10.7. The van der Waals surface area contributed by atoms with Crippen LogP contribution < -0.4 is 0 Å². The van der Waals surface area contributed by atoms with E-state index in [-0.39, 0.29) is 27.9 Å². The minimum Gasteiger partial charge on any atom is -0.478 e. The number of hydrogen-bond acceptors (Lipinski definition) is 4. The molecule has 1 aliphatic heterocycles. The Bertz CT molecular complexity index is 668. The lowest BCUT2D eigenvalue weighted by Crippen LogP contribution is -2.22. The first-order chi connectivity index (χ1) is 9.70. The molecular formula is C14H17FO5S. The van der Waals surface area contributed by atoms with Crippen LogP contribution in [0.3, 0.4) is 0 Å². The smallest absolute Gasteiger partial charge is 0.335 e. The molecule has 0 saturated carbocycles. The van der Waals surface area contributed by atoms with Gasteiger partial charge in [0.25, 0.3) is 0 Å². The van der Waals surface area contributed by atoms with Crippen LogP contribution in [-0.4, -0.2) is 37.5 Å². The molecule has 116 valence electrons. The van der Waals surface area contributed by atoms with E-state index in [0.717, 1.165) is 18.6 Å². The lowest BCUT2D eigenvalue weighted by Gasteiger charge is -2.14. The van der Waals surface area contributed by atoms with Gasteiger partial charge in [0.1, 0.15) is 5.82 Å². The zero-order valence-electron chi connectivity index (χ0n) is 11.8. The van der Waals surface area contributed by atoms with Gasteiger partial charge in [-0.05, 0) is 38.8 Å². The van der Waals surface area contributed by atoms with E-state index in [0.29, 0.717) is 6.42 Å². The Hall–Kier alpha value is -1.47.